The maximum atomic E-state index is 6.15. The first kappa shape index (κ1) is 15.0. The van der Waals surface area contributed by atoms with Gasteiger partial charge in [-0.05, 0) is 31.0 Å². The predicted molar refractivity (Wildman–Crippen MR) is 83.8 cm³/mol. The molecule has 0 heterocycles. The zero-order valence-electron chi connectivity index (χ0n) is 11.8. The molecule has 20 heavy (non-hydrogen) atoms. The van der Waals surface area contributed by atoms with Crippen LogP contribution in [0.25, 0.3) is 0 Å². The van der Waals surface area contributed by atoms with Gasteiger partial charge in [0, 0.05) is 11.1 Å². The number of benzene rings is 2. The van der Waals surface area contributed by atoms with Crippen LogP contribution in [0, 0.1) is 6.92 Å². The minimum Gasteiger partial charge on any atom is -0.367 e. The van der Waals surface area contributed by atoms with Crippen LogP contribution < -0.4 is 5.73 Å². The van der Waals surface area contributed by atoms with Crippen molar-refractivity contribution in [2.24, 2.45) is 5.73 Å². The summed E-state index contributed by atoms with van der Waals surface area (Å²) in [4.78, 5) is 0. The Morgan fingerprint density at radius 1 is 1.15 bits per heavy atom. The molecule has 2 rings (SSSR count). The van der Waals surface area contributed by atoms with Crippen molar-refractivity contribution in [2.75, 3.05) is 0 Å². The van der Waals surface area contributed by atoms with Crippen LogP contribution in [0.4, 0.5) is 0 Å². The third-order valence-corrected chi connectivity index (χ3v) is 3.59. The van der Waals surface area contributed by atoms with E-state index in [0.717, 1.165) is 16.1 Å². The number of hydrogen-bond donors (Lipinski definition) is 1. The lowest BCUT2D eigenvalue weighted by atomic mass is 10.0. The topological polar surface area (TPSA) is 35.2 Å². The third-order valence-electron chi connectivity index (χ3n) is 3.22. The Kier molecular flexibility index (Phi) is 5.18. The van der Waals surface area contributed by atoms with Gasteiger partial charge in [0.15, 0.2) is 0 Å². The van der Waals surface area contributed by atoms with Crippen LogP contribution in [-0.4, -0.2) is 6.04 Å². The summed E-state index contributed by atoms with van der Waals surface area (Å²) in [5, 5.41) is 0.722. The third kappa shape index (κ3) is 3.83. The summed E-state index contributed by atoms with van der Waals surface area (Å²) in [5.74, 6) is 0. The van der Waals surface area contributed by atoms with E-state index in [1.165, 1.54) is 5.56 Å². The minimum absolute atomic E-state index is 0.0840. The average molecular weight is 290 g/mol. The van der Waals surface area contributed by atoms with Crippen molar-refractivity contribution >= 4 is 11.6 Å². The maximum Gasteiger partial charge on any atom is 0.0977 e. The molecule has 0 saturated heterocycles. The van der Waals surface area contributed by atoms with Crippen LogP contribution in [0.15, 0.2) is 48.5 Å². The number of ether oxygens (including phenoxy) is 1. The largest absolute Gasteiger partial charge is 0.367 e. The quantitative estimate of drug-likeness (QED) is 0.893. The Morgan fingerprint density at radius 3 is 2.55 bits per heavy atom. The highest BCUT2D eigenvalue weighted by Crippen LogP contribution is 2.24. The first-order valence-electron chi connectivity index (χ1n) is 6.75. The lowest BCUT2D eigenvalue weighted by Crippen LogP contribution is -2.27. The van der Waals surface area contributed by atoms with Gasteiger partial charge in [-0.25, -0.2) is 0 Å². The first-order valence-corrected chi connectivity index (χ1v) is 7.13. The Balaban J connectivity index is 2.13. The fourth-order valence-corrected chi connectivity index (χ4v) is 2.38. The average Bonchev–Trinajstić information content (AvgIpc) is 2.41. The monoisotopic (exact) mass is 289 g/mol. The molecule has 0 spiro atoms. The summed E-state index contributed by atoms with van der Waals surface area (Å²) in [6.45, 7) is 4.48. The van der Waals surface area contributed by atoms with Crippen molar-refractivity contribution in [3.63, 3.8) is 0 Å². The molecule has 3 heteroatoms. The van der Waals surface area contributed by atoms with E-state index in [-0.39, 0.29) is 12.1 Å². The van der Waals surface area contributed by atoms with E-state index in [4.69, 9.17) is 22.1 Å². The summed E-state index contributed by atoms with van der Waals surface area (Å²) in [7, 11) is 0. The second-order valence-corrected chi connectivity index (χ2v) is 5.50. The van der Waals surface area contributed by atoms with E-state index < -0.39 is 0 Å². The van der Waals surface area contributed by atoms with E-state index in [1.807, 2.05) is 43.3 Å². The number of hydrogen-bond acceptors (Lipinski definition) is 2. The molecule has 2 aromatic rings. The standard InChI is InChI=1S/C17H20ClNO/c1-12-6-5-8-14(10-12)17(13(2)19)20-11-15-7-3-4-9-16(15)18/h3-10,13,17H,11,19H2,1-2H3. The molecule has 2 aromatic carbocycles. The number of rotatable bonds is 5. The van der Waals surface area contributed by atoms with Gasteiger partial charge in [-0.3, -0.25) is 0 Å². The number of halogens is 1. The highest BCUT2D eigenvalue weighted by atomic mass is 35.5. The number of nitrogens with two attached hydrogens (primary N) is 1. The van der Waals surface area contributed by atoms with Crippen molar-refractivity contribution < 1.29 is 4.74 Å². The summed E-state index contributed by atoms with van der Waals surface area (Å²) in [6, 6.07) is 15.9. The molecular formula is C17H20ClNO. The van der Waals surface area contributed by atoms with E-state index >= 15 is 0 Å². The lowest BCUT2D eigenvalue weighted by molar-refractivity contribution is 0.0259. The van der Waals surface area contributed by atoms with Gasteiger partial charge in [0.1, 0.15) is 0 Å². The highest BCUT2D eigenvalue weighted by Gasteiger charge is 2.17. The molecule has 0 fully saturated rings. The van der Waals surface area contributed by atoms with Gasteiger partial charge in [0.25, 0.3) is 0 Å². The van der Waals surface area contributed by atoms with E-state index in [0.29, 0.717) is 6.61 Å². The summed E-state index contributed by atoms with van der Waals surface area (Å²) in [5.41, 5.74) is 9.35. The predicted octanol–water partition coefficient (Wildman–Crippen LogP) is 4.25. The van der Waals surface area contributed by atoms with Crippen LogP contribution in [0.3, 0.4) is 0 Å². The Labute approximate surface area is 125 Å². The molecule has 0 radical (unpaired) electrons. The normalized spacial score (nSPS) is 14.0. The van der Waals surface area contributed by atoms with Gasteiger partial charge < -0.3 is 10.5 Å². The molecule has 0 amide bonds. The molecule has 0 aliphatic carbocycles. The summed E-state index contributed by atoms with van der Waals surface area (Å²) < 4.78 is 6.00. The molecule has 0 aliphatic rings. The molecule has 2 nitrogen and oxygen atoms in total. The van der Waals surface area contributed by atoms with E-state index in [2.05, 4.69) is 19.1 Å². The summed E-state index contributed by atoms with van der Waals surface area (Å²) >= 11 is 6.15. The Morgan fingerprint density at radius 2 is 1.90 bits per heavy atom. The SMILES string of the molecule is Cc1cccc(C(OCc2ccccc2Cl)C(C)N)c1. The van der Waals surface area contributed by atoms with Gasteiger partial charge in [-0.15, -0.1) is 0 Å². The molecule has 0 bridgehead atoms. The zero-order valence-corrected chi connectivity index (χ0v) is 12.6. The highest BCUT2D eigenvalue weighted by molar-refractivity contribution is 6.31. The fourth-order valence-electron chi connectivity index (χ4n) is 2.19. The molecule has 0 saturated carbocycles. The second-order valence-electron chi connectivity index (χ2n) is 5.10. The molecule has 0 aliphatic heterocycles. The minimum atomic E-state index is -0.133. The van der Waals surface area contributed by atoms with Gasteiger partial charge in [0.05, 0.1) is 12.7 Å². The van der Waals surface area contributed by atoms with Crippen molar-refractivity contribution in [3.05, 3.63) is 70.2 Å². The fraction of sp³-hybridized carbons (Fsp3) is 0.294. The molecule has 2 unspecified atom stereocenters. The molecule has 2 atom stereocenters. The number of aryl methyl sites for hydroxylation is 1. The van der Waals surface area contributed by atoms with Crippen LogP contribution in [-0.2, 0) is 11.3 Å². The van der Waals surface area contributed by atoms with Crippen LogP contribution in [0.2, 0.25) is 5.02 Å². The van der Waals surface area contributed by atoms with Gasteiger partial charge in [-0.2, -0.15) is 0 Å². The summed E-state index contributed by atoms with van der Waals surface area (Å²) in [6.07, 6.45) is -0.133. The molecule has 106 valence electrons. The second kappa shape index (κ2) is 6.89. The van der Waals surface area contributed by atoms with Gasteiger partial charge >= 0.3 is 0 Å². The molecular weight excluding hydrogens is 270 g/mol. The lowest BCUT2D eigenvalue weighted by Gasteiger charge is -2.22. The van der Waals surface area contributed by atoms with Gasteiger partial charge in [0.2, 0.25) is 0 Å². The zero-order chi connectivity index (χ0) is 14.5. The Bertz CT molecular complexity index is 568. The van der Waals surface area contributed by atoms with Crippen LogP contribution in [0.5, 0.6) is 0 Å². The van der Waals surface area contributed by atoms with Crippen molar-refractivity contribution in [1.29, 1.82) is 0 Å². The molecule has 0 aromatic heterocycles. The first-order chi connectivity index (χ1) is 9.58. The Hall–Kier alpha value is -1.35. The van der Waals surface area contributed by atoms with Gasteiger partial charge in [-0.1, -0.05) is 59.6 Å². The van der Waals surface area contributed by atoms with Crippen LogP contribution >= 0.6 is 11.6 Å². The van der Waals surface area contributed by atoms with Crippen molar-refractivity contribution in [2.45, 2.75) is 32.6 Å². The molecule has 2 N–H and O–H groups in total. The van der Waals surface area contributed by atoms with E-state index in [9.17, 15) is 0 Å². The van der Waals surface area contributed by atoms with Crippen molar-refractivity contribution in [3.8, 4) is 0 Å². The van der Waals surface area contributed by atoms with Crippen LogP contribution in [0.1, 0.15) is 29.7 Å². The maximum absolute atomic E-state index is 6.15. The van der Waals surface area contributed by atoms with E-state index in [1.54, 1.807) is 0 Å². The smallest absolute Gasteiger partial charge is 0.0977 e. The van der Waals surface area contributed by atoms with Crippen molar-refractivity contribution in [1.82, 2.24) is 0 Å².